The monoisotopic (exact) mass is 407 g/mol. The van der Waals surface area contributed by atoms with Crippen molar-refractivity contribution in [1.29, 1.82) is 10.5 Å². The zero-order valence-corrected chi connectivity index (χ0v) is 16.0. The number of hydrogen-bond donors (Lipinski definition) is 1. The number of allylic oxidation sites excluding steroid dienone is 1. The summed E-state index contributed by atoms with van der Waals surface area (Å²) in [6.45, 7) is 1.50. The van der Waals surface area contributed by atoms with Gasteiger partial charge in [-0.3, -0.25) is 10.00 Å². The molecule has 0 radical (unpaired) electrons. The number of piperidine rings is 1. The largest absolute Gasteiger partial charge is 0.444 e. The van der Waals surface area contributed by atoms with Crippen LogP contribution in [0.1, 0.15) is 24.2 Å². The molecule has 4 rings (SSSR count). The van der Waals surface area contributed by atoms with Crippen molar-refractivity contribution >= 4 is 17.5 Å². The van der Waals surface area contributed by atoms with E-state index in [0.717, 1.165) is 18.4 Å². The van der Waals surface area contributed by atoms with E-state index in [0.29, 0.717) is 30.2 Å². The minimum atomic E-state index is -0.567. The Balaban J connectivity index is 1.44. The molecule has 0 spiro atoms. The van der Waals surface area contributed by atoms with Gasteiger partial charge in [0.2, 0.25) is 0 Å². The Morgan fingerprint density at radius 3 is 2.83 bits per heavy atom. The predicted molar refractivity (Wildman–Crippen MR) is 104 cm³/mol. The van der Waals surface area contributed by atoms with Crippen LogP contribution in [0.25, 0.3) is 0 Å². The van der Waals surface area contributed by atoms with Crippen molar-refractivity contribution in [2.45, 2.75) is 25.4 Å². The van der Waals surface area contributed by atoms with Crippen LogP contribution >= 0.6 is 0 Å². The van der Waals surface area contributed by atoms with Crippen LogP contribution in [0.4, 0.5) is 20.6 Å². The Labute approximate surface area is 171 Å². The standard InChI is InChI=1S/C20H18FN7O2/c21-16-9-14(1-2-19(16)27-7-4-13(3-6-22)5-8-27)28-12-15(30-20(28)29)10-17-18(11-23)25-26-24-17/h1-3,9,15H,4-5,7-8,10,12H2,(H,24,25,26). The number of nitriles is 2. The average molecular weight is 407 g/mol. The van der Waals surface area contributed by atoms with Gasteiger partial charge in [0.15, 0.2) is 5.69 Å². The smallest absolute Gasteiger partial charge is 0.414 e. The minimum Gasteiger partial charge on any atom is -0.444 e. The van der Waals surface area contributed by atoms with Crippen LogP contribution in [-0.4, -0.2) is 47.2 Å². The van der Waals surface area contributed by atoms with E-state index in [4.69, 9.17) is 15.3 Å². The number of benzene rings is 1. The normalized spacial score (nSPS) is 18.7. The van der Waals surface area contributed by atoms with Gasteiger partial charge in [-0.25, -0.2) is 9.18 Å². The highest BCUT2D eigenvalue weighted by Crippen LogP contribution is 2.30. The lowest BCUT2D eigenvalue weighted by Crippen LogP contribution is -2.31. The first-order valence-electron chi connectivity index (χ1n) is 9.49. The van der Waals surface area contributed by atoms with E-state index in [1.165, 1.54) is 11.0 Å². The van der Waals surface area contributed by atoms with Crippen LogP contribution in [0.5, 0.6) is 0 Å². The zero-order chi connectivity index (χ0) is 21.1. The fourth-order valence-electron chi connectivity index (χ4n) is 3.74. The van der Waals surface area contributed by atoms with Gasteiger partial charge in [-0.15, -0.1) is 5.10 Å². The third kappa shape index (κ3) is 3.80. The molecule has 2 aliphatic rings. The Kier molecular flexibility index (Phi) is 5.31. The number of aromatic amines is 1. The highest BCUT2D eigenvalue weighted by Gasteiger charge is 2.34. The van der Waals surface area contributed by atoms with E-state index in [9.17, 15) is 9.18 Å². The van der Waals surface area contributed by atoms with Crippen LogP contribution in [-0.2, 0) is 11.2 Å². The van der Waals surface area contributed by atoms with E-state index in [1.54, 1.807) is 18.2 Å². The topological polar surface area (TPSA) is 122 Å². The van der Waals surface area contributed by atoms with Gasteiger partial charge >= 0.3 is 6.09 Å². The molecule has 9 nitrogen and oxygen atoms in total. The van der Waals surface area contributed by atoms with Gasteiger partial charge in [0, 0.05) is 25.6 Å². The molecule has 2 aromatic rings. The van der Waals surface area contributed by atoms with Crippen molar-refractivity contribution in [3.05, 3.63) is 47.1 Å². The van der Waals surface area contributed by atoms with E-state index >= 15 is 0 Å². The summed E-state index contributed by atoms with van der Waals surface area (Å²) in [5.74, 6) is -0.416. The SMILES string of the molecule is N#CC=C1CCN(c2ccc(N3CC(Cc4[nH]nnc4C#N)OC3=O)cc2F)CC1. The fraction of sp³-hybridized carbons (Fsp3) is 0.350. The summed E-state index contributed by atoms with van der Waals surface area (Å²) in [5, 5.41) is 27.7. The maximum absolute atomic E-state index is 14.8. The van der Waals surface area contributed by atoms with Gasteiger partial charge in [-0.2, -0.15) is 10.5 Å². The Morgan fingerprint density at radius 2 is 2.13 bits per heavy atom. The fourth-order valence-corrected chi connectivity index (χ4v) is 3.74. The molecule has 2 saturated heterocycles. The second-order valence-electron chi connectivity index (χ2n) is 7.13. The van der Waals surface area contributed by atoms with Crippen LogP contribution in [0.2, 0.25) is 0 Å². The number of nitrogens with zero attached hydrogens (tertiary/aromatic N) is 6. The number of halogens is 1. The first-order chi connectivity index (χ1) is 14.6. The van der Waals surface area contributed by atoms with E-state index in [2.05, 4.69) is 15.4 Å². The van der Waals surface area contributed by atoms with Gasteiger partial charge < -0.3 is 9.64 Å². The second kappa shape index (κ2) is 8.21. The summed E-state index contributed by atoms with van der Waals surface area (Å²) in [5.41, 5.74) is 2.61. The summed E-state index contributed by atoms with van der Waals surface area (Å²) < 4.78 is 20.2. The number of rotatable bonds is 4. The van der Waals surface area contributed by atoms with Gasteiger partial charge in [-0.1, -0.05) is 10.8 Å². The third-order valence-corrected chi connectivity index (χ3v) is 5.29. The average Bonchev–Trinajstić information content (AvgIpc) is 3.35. The molecule has 0 saturated carbocycles. The van der Waals surface area contributed by atoms with Gasteiger partial charge in [0.05, 0.1) is 29.7 Å². The number of nitrogens with one attached hydrogen (secondary N) is 1. The number of ether oxygens (including phenoxy) is 1. The first kappa shape index (κ1) is 19.4. The highest BCUT2D eigenvalue weighted by atomic mass is 19.1. The molecule has 1 aromatic carbocycles. The van der Waals surface area contributed by atoms with E-state index in [-0.39, 0.29) is 18.7 Å². The summed E-state index contributed by atoms with van der Waals surface area (Å²) in [6, 6.07) is 8.66. The molecule has 1 N–H and O–H groups in total. The number of carbonyl (C=O) groups is 1. The Hall–Kier alpha value is -3.92. The summed E-state index contributed by atoms with van der Waals surface area (Å²) in [6.07, 6.45) is 2.21. The van der Waals surface area contributed by atoms with E-state index in [1.807, 2.05) is 17.0 Å². The Morgan fingerprint density at radius 1 is 1.33 bits per heavy atom. The number of carbonyl (C=O) groups excluding carboxylic acids is 1. The van der Waals surface area contributed by atoms with Gasteiger partial charge in [0.25, 0.3) is 0 Å². The van der Waals surface area contributed by atoms with Crippen molar-refractivity contribution in [3.63, 3.8) is 0 Å². The lowest BCUT2D eigenvalue weighted by atomic mass is 10.0. The van der Waals surface area contributed by atoms with Crippen molar-refractivity contribution in [3.8, 4) is 12.1 Å². The number of aromatic nitrogens is 3. The summed E-state index contributed by atoms with van der Waals surface area (Å²) >= 11 is 0. The van der Waals surface area contributed by atoms with Crippen LogP contribution in [0, 0.1) is 28.5 Å². The number of anilines is 2. The number of cyclic esters (lactones) is 1. The predicted octanol–water partition coefficient (Wildman–Crippen LogP) is 2.43. The van der Waals surface area contributed by atoms with Crippen LogP contribution in [0.15, 0.2) is 29.8 Å². The van der Waals surface area contributed by atoms with Crippen molar-refractivity contribution in [2.24, 2.45) is 0 Å². The van der Waals surface area contributed by atoms with E-state index < -0.39 is 18.0 Å². The maximum Gasteiger partial charge on any atom is 0.414 e. The third-order valence-electron chi connectivity index (χ3n) is 5.29. The quantitative estimate of drug-likeness (QED) is 0.772. The van der Waals surface area contributed by atoms with Crippen molar-refractivity contribution in [2.75, 3.05) is 29.4 Å². The summed E-state index contributed by atoms with van der Waals surface area (Å²) in [7, 11) is 0. The minimum absolute atomic E-state index is 0.161. The van der Waals surface area contributed by atoms with Gasteiger partial charge in [-0.05, 0) is 31.0 Å². The number of hydrogen-bond acceptors (Lipinski definition) is 7. The molecule has 0 bridgehead atoms. The summed E-state index contributed by atoms with van der Waals surface area (Å²) in [4.78, 5) is 15.6. The maximum atomic E-state index is 14.8. The molecule has 152 valence electrons. The van der Waals surface area contributed by atoms with Crippen LogP contribution in [0.3, 0.4) is 0 Å². The molecule has 2 aliphatic heterocycles. The molecule has 1 unspecified atom stereocenters. The second-order valence-corrected chi connectivity index (χ2v) is 7.13. The van der Waals surface area contributed by atoms with Crippen molar-refractivity contribution in [1.82, 2.24) is 15.4 Å². The molecule has 0 aliphatic carbocycles. The molecular formula is C20H18FN7O2. The molecular weight excluding hydrogens is 389 g/mol. The molecule has 10 heteroatoms. The Bertz CT molecular complexity index is 1070. The molecule has 1 atom stereocenters. The van der Waals surface area contributed by atoms with Crippen molar-refractivity contribution < 1.29 is 13.9 Å². The molecule has 2 fully saturated rings. The number of amides is 1. The molecule has 1 aromatic heterocycles. The molecule has 3 heterocycles. The zero-order valence-electron chi connectivity index (χ0n) is 16.0. The lowest BCUT2D eigenvalue weighted by Gasteiger charge is -2.30. The molecule has 30 heavy (non-hydrogen) atoms. The molecule has 1 amide bonds. The van der Waals surface area contributed by atoms with Crippen LogP contribution < -0.4 is 9.80 Å². The van der Waals surface area contributed by atoms with Gasteiger partial charge in [0.1, 0.15) is 18.0 Å². The highest BCUT2D eigenvalue weighted by molar-refractivity contribution is 5.90. The first-order valence-corrected chi connectivity index (χ1v) is 9.49. The number of H-pyrrole nitrogens is 1. The lowest BCUT2D eigenvalue weighted by molar-refractivity contribution is 0.141.